The van der Waals surface area contributed by atoms with Gasteiger partial charge in [0, 0.05) is 34.7 Å². The molecule has 4 rings (SSSR count). The fourth-order valence-electron chi connectivity index (χ4n) is 4.28. The number of nitrogens with two attached hydrogens (primary N) is 1. The average molecular weight is 534 g/mol. The monoisotopic (exact) mass is 533 g/mol. The summed E-state index contributed by atoms with van der Waals surface area (Å²) < 4.78 is 13.0. The van der Waals surface area contributed by atoms with Crippen LogP contribution in [0, 0.1) is 0 Å². The van der Waals surface area contributed by atoms with Gasteiger partial charge in [-0.3, -0.25) is 14.3 Å². The maximum Gasteiger partial charge on any atom is 0.303 e. The molecular formula is C29H28ClN3O5. The molecule has 0 saturated carbocycles. The van der Waals surface area contributed by atoms with Crippen molar-refractivity contribution in [3.8, 4) is 34.0 Å². The first kappa shape index (κ1) is 26.8. The van der Waals surface area contributed by atoms with Crippen molar-refractivity contribution in [1.82, 2.24) is 9.78 Å². The van der Waals surface area contributed by atoms with Crippen LogP contribution in [0.15, 0.2) is 72.8 Å². The van der Waals surface area contributed by atoms with Crippen LogP contribution in [-0.2, 0) is 29.0 Å². The molecule has 0 bridgehead atoms. The molecule has 0 radical (unpaired) electrons. The highest BCUT2D eigenvalue weighted by Gasteiger charge is 2.24. The molecule has 9 heteroatoms. The lowest BCUT2D eigenvalue weighted by Crippen LogP contribution is -2.20. The molecule has 0 unspecified atom stereocenters. The number of aliphatic carboxylic acids is 1. The lowest BCUT2D eigenvalue weighted by molar-refractivity contribution is -0.137. The molecule has 0 aliphatic carbocycles. The van der Waals surface area contributed by atoms with Gasteiger partial charge in [0.25, 0.3) is 5.91 Å². The summed E-state index contributed by atoms with van der Waals surface area (Å²) >= 11 is 6.36. The predicted molar refractivity (Wildman–Crippen MR) is 145 cm³/mol. The largest absolute Gasteiger partial charge is 0.497 e. The molecule has 0 spiro atoms. The summed E-state index contributed by atoms with van der Waals surface area (Å²) in [7, 11) is 1.59. The highest BCUT2D eigenvalue weighted by molar-refractivity contribution is 6.31. The number of methoxy groups -OCH3 is 1. The van der Waals surface area contributed by atoms with Gasteiger partial charge in [-0.2, -0.15) is 5.10 Å². The Morgan fingerprint density at radius 3 is 2.53 bits per heavy atom. The van der Waals surface area contributed by atoms with Gasteiger partial charge in [-0.1, -0.05) is 54.1 Å². The van der Waals surface area contributed by atoms with Crippen LogP contribution in [-0.4, -0.2) is 40.5 Å². The second kappa shape index (κ2) is 12.3. The molecule has 1 aromatic heterocycles. The number of ether oxygens (including phenoxy) is 2. The third kappa shape index (κ3) is 6.52. The smallest absolute Gasteiger partial charge is 0.303 e. The Labute approximate surface area is 225 Å². The SMILES string of the molecule is COc1cccc(-c2c(CCC(=O)O)c(-c3cc(Cl)ccc3OCC(N)=O)nn2CCc2ccccc2)c1. The summed E-state index contributed by atoms with van der Waals surface area (Å²) in [6, 6.07) is 22.6. The maximum atomic E-state index is 11.6. The van der Waals surface area contributed by atoms with Crippen LogP contribution in [0.2, 0.25) is 5.02 Å². The van der Waals surface area contributed by atoms with E-state index < -0.39 is 11.9 Å². The fourth-order valence-corrected chi connectivity index (χ4v) is 4.45. The second-order valence-electron chi connectivity index (χ2n) is 8.66. The van der Waals surface area contributed by atoms with Gasteiger partial charge in [-0.05, 0) is 48.7 Å². The van der Waals surface area contributed by atoms with Crippen LogP contribution < -0.4 is 15.2 Å². The summed E-state index contributed by atoms with van der Waals surface area (Å²) in [6.07, 6.45) is 0.814. The molecule has 0 aliphatic heterocycles. The molecule has 0 aliphatic rings. The molecule has 38 heavy (non-hydrogen) atoms. The van der Waals surface area contributed by atoms with E-state index in [4.69, 9.17) is 31.9 Å². The molecule has 3 N–H and O–H groups in total. The predicted octanol–water partition coefficient (Wildman–Crippen LogP) is 5.00. The van der Waals surface area contributed by atoms with Gasteiger partial charge in [-0.15, -0.1) is 0 Å². The fraction of sp³-hybridized carbons (Fsp3) is 0.207. The van der Waals surface area contributed by atoms with Gasteiger partial charge >= 0.3 is 5.97 Å². The van der Waals surface area contributed by atoms with Crippen LogP contribution in [0.3, 0.4) is 0 Å². The number of hydrogen-bond donors (Lipinski definition) is 2. The number of carboxylic acid groups (broad SMARTS) is 1. The van der Waals surface area contributed by atoms with Gasteiger partial charge < -0.3 is 20.3 Å². The zero-order valence-electron chi connectivity index (χ0n) is 20.9. The molecule has 1 amide bonds. The van der Waals surface area contributed by atoms with Crippen LogP contribution in [0.5, 0.6) is 11.5 Å². The van der Waals surface area contributed by atoms with Crippen molar-refractivity contribution in [1.29, 1.82) is 0 Å². The average Bonchev–Trinajstić information content (AvgIpc) is 3.28. The Kier molecular flexibility index (Phi) is 8.66. The maximum absolute atomic E-state index is 11.6. The van der Waals surface area contributed by atoms with Crippen molar-refractivity contribution >= 4 is 23.5 Å². The number of amides is 1. The number of carbonyl (C=O) groups is 2. The van der Waals surface area contributed by atoms with Gasteiger partial charge in [0.05, 0.1) is 18.5 Å². The second-order valence-corrected chi connectivity index (χ2v) is 9.09. The van der Waals surface area contributed by atoms with Crippen molar-refractivity contribution < 1.29 is 24.2 Å². The molecule has 1 heterocycles. The Balaban J connectivity index is 1.91. The quantitative estimate of drug-likeness (QED) is 0.264. The number of halogens is 1. The number of carbonyl (C=O) groups excluding carboxylic acids is 1. The van der Waals surface area contributed by atoms with E-state index in [1.165, 1.54) is 0 Å². The number of hydrogen-bond acceptors (Lipinski definition) is 5. The first-order valence-electron chi connectivity index (χ1n) is 12.1. The highest BCUT2D eigenvalue weighted by Crippen LogP contribution is 2.39. The summed E-state index contributed by atoms with van der Waals surface area (Å²) in [5.74, 6) is -0.518. The summed E-state index contributed by atoms with van der Waals surface area (Å²) in [5, 5.41) is 14.9. The molecule has 196 valence electrons. The lowest BCUT2D eigenvalue weighted by atomic mass is 9.97. The Hall–Kier alpha value is -4.30. The Morgan fingerprint density at radius 1 is 1.03 bits per heavy atom. The number of aryl methyl sites for hydroxylation is 2. The van der Waals surface area contributed by atoms with E-state index in [-0.39, 0.29) is 19.4 Å². The Bertz CT molecular complexity index is 1440. The summed E-state index contributed by atoms with van der Waals surface area (Å²) in [4.78, 5) is 23.1. The van der Waals surface area contributed by atoms with Gasteiger partial charge in [0.2, 0.25) is 0 Å². The van der Waals surface area contributed by atoms with Crippen molar-refractivity contribution in [3.05, 3.63) is 88.9 Å². The van der Waals surface area contributed by atoms with Crippen molar-refractivity contribution in [2.24, 2.45) is 5.73 Å². The number of benzene rings is 3. The first-order valence-corrected chi connectivity index (χ1v) is 12.4. The van der Waals surface area contributed by atoms with Gasteiger partial charge in [-0.25, -0.2) is 0 Å². The highest BCUT2D eigenvalue weighted by atomic mass is 35.5. The summed E-state index contributed by atoms with van der Waals surface area (Å²) in [6.45, 7) is 0.214. The minimum Gasteiger partial charge on any atom is -0.497 e. The molecule has 4 aromatic rings. The van der Waals surface area contributed by atoms with Gasteiger partial charge in [0.15, 0.2) is 6.61 Å². The van der Waals surface area contributed by atoms with Crippen molar-refractivity contribution in [3.63, 3.8) is 0 Å². The number of aromatic nitrogens is 2. The van der Waals surface area contributed by atoms with Crippen LogP contribution in [0.1, 0.15) is 17.5 Å². The molecule has 8 nitrogen and oxygen atoms in total. The Morgan fingerprint density at radius 2 is 1.82 bits per heavy atom. The lowest BCUT2D eigenvalue weighted by Gasteiger charge is -2.12. The number of carboxylic acids is 1. The van der Waals surface area contributed by atoms with Crippen LogP contribution in [0.25, 0.3) is 22.5 Å². The van der Waals surface area contributed by atoms with E-state index in [0.717, 1.165) is 22.4 Å². The summed E-state index contributed by atoms with van der Waals surface area (Å²) in [5.41, 5.74) is 9.85. The van der Waals surface area contributed by atoms with Gasteiger partial charge in [0.1, 0.15) is 11.5 Å². The minimum atomic E-state index is -0.930. The molecule has 0 saturated heterocycles. The van der Waals surface area contributed by atoms with E-state index in [1.807, 2.05) is 59.3 Å². The number of primary amides is 1. The van der Waals surface area contributed by atoms with E-state index in [2.05, 4.69) is 0 Å². The van der Waals surface area contributed by atoms with Crippen molar-refractivity contribution in [2.45, 2.75) is 25.8 Å². The third-order valence-corrected chi connectivity index (χ3v) is 6.24. The standard InChI is InChI=1S/C29H28ClN3O5/c1-37-22-9-5-8-20(16-22)29-23(11-13-27(35)36)28(32-33(29)15-14-19-6-3-2-4-7-19)24-17-21(30)10-12-25(24)38-18-26(31)34/h2-10,12,16-17H,11,13-15,18H2,1H3,(H2,31,34)(H,35,36). The van der Waals surface area contributed by atoms with E-state index in [0.29, 0.717) is 40.7 Å². The zero-order chi connectivity index (χ0) is 27.1. The zero-order valence-corrected chi connectivity index (χ0v) is 21.6. The van der Waals surface area contributed by atoms with E-state index >= 15 is 0 Å². The topological polar surface area (TPSA) is 117 Å². The molecule has 0 fully saturated rings. The van der Waals surface area contributed by atoms with Crippen molar-refractivity contribution in [2.75, 3.05) is 13.7 Å². The number of rotatable bonds is 12. The molecular weight excluding hydrogens is 506 g/mol. The molecule has 0 atom stereocenters. The third-order valence-electron chi connectivity index (χ3n) is 6.00. The normalized spacial score (nSPS) is 10.8. The van der Waals surface area contributed by atoms with Crippen LogP contribution in [0.4, 0.5) is 0 Å². The van der Waals surface area contributed by atoms with E-state index in [9.17, 15) is 14.7 Å². The van der Waals surface area contributed by atoms with E-state index in [1.54, 1.807) is 25.3 Å². The molecule has 3 aromatic carbocycles. The minimum absolute atomic E-state index is 0.105. The van der Waals surface area contributed by atoms with Crippen LogP contribution >= 0.6 is 11.6 Å². The first-order chi connectivity index (χ1) is 18.4. The number of nitrogens with zero attached hydrogens (tertiary/aromatic N) is 2.